The minimum atomic E-state index is -1.28. The summed E-state index contributed by atoms with van der Waals surface area (Å²) in [5.41, 5.74) is 4.77. The van der Waals surface area contributed by atoms with Crippen molar-refractivity contribution >= 4 is 6.09 Å². The van der Waals surface area contributed by atoms with Crippen LogP contribution in [-0.2, 0) is 4.74 Å². The Morgan fingerprint density at radius 1 is 1.06 bits per heavy atom. The van der Waals surface area contributed by atoms with Gasteiger partial charge in [-0.1, -0.05) is 48.5 Å². The molecule has 6 nitrogen and oxygen atoms in total. The number of aromatic nitrogens is 1. The molecule has 2 unspecified atom stereocenters. The number of aliphatic hydroxyl groups is 2. The summed E-state index contributed by atoms with van der Waals surface area (Å²) in [4.78, 5) is 15.6. The second-order valence-electron chi connectivity index (χ2n) is 7.47. The summed E-state index contributed by atoms with van der Waals surface area (Å²) in [7, 11) is 0. The molecule has 3 aromatic rings. The molecule has 0 fully saturated rings. The molecule has 160 valence electrons. The molecular formula is C24H23FN2O4. The Balaban J connectivity index is 1.28. The molecule has 31 heavy (non-hydrogen) atoms. The lowest BCUT2D eigenvalue weighted by Gasteiger charge is -2.18. The predicted octanol–water partition coefficient (Wildman–Crippen LogP) is 3.54. The maximum Gasteiger partial charge on any atom is 0.407 e. The number of alkyl carbamates (subject to hydrolysis) is 1. The largest absolute Gasteiger partial charge is 0.449 e. The number of halogens is 1. The van der Waals surface area contributed by atoms with E-state index >= 15 is 0 Å². The average Bonchev–Trinajstić information content (AvgIpc) is 3.11. The van der Waals surface area contributed by atoms with Gasteiger partial charge in [-0.15, -0.1) is 0 Å². The third kappa shape index (κ3) is 4.57. The Bertz CT molecular complexity index is 1030. The molecule has 1 aliphatic carbocycles. The van der Waals surface area contributed by atoms with Crippen LogP contribution in [0.3, 0.4) is 0 Å². The zero-order chi connectivity index (χ0) is 21.8. The van der Waals surface area contributed by atoms with Gasteiger partial charge in [0, 0.05) is 18.7 Å². The molecule has 0 bridgehead atoms. The molecule has 1 heterocycles. The van der Waals surface area contributed by atoms with Crippen LogP contribution >= 0.6 is 0 Å². The van der Waals surface area contributed by atoms with Crippen LogP contribution in [0, 0.1) is 5.95 Å². The van der Waals surface area contributed by atoms with Crippen molar-refractivity contribution in [1.29, 1.82) is 0 Å². The Kier molecular flexibility index (Phi) is 6.25. The number of pyridine rings is 1. The van der Waals surface area contributed by atoms with E-state index in [1.54, 1.807) is 0 Å². The maximum atomic E-state index is 13.2. The van der Waals surface area contributed by atoms with Crippen molar-refractivity contribution in [3.63, 3.8) is 0 Å². The van der Waals surface area contributed by atoms with E-state index in [9.17, 15) is 19.4 Å². The lowest BCUT2D eigenvalue weighted by Crippen LogP contribution is -2.30. The molecule has 2 aromatic carbocycles. The van der Waals surface area contributed by atoms with E-state index in [0.717, 1.165) is 28.3 Å². The van der Waals surface area contributed by atoms with E-state index in [1.165, 1.54) is 12.3 Å². The minimum Gasteiger partial charge on any atom is -0.449 e. The van der Waals surface area contributed by atoms with Crippen LogP contribution in [0.1, 0.15) is 35.1 Å². The zero-order valence-corrected chi connectivity index (χ0v) is 16.7. The van der Waals surface area contributed by atoms with E-state index in [-0.39, 0.29) is 31.1 Å². The molecule has 3 N–H and O–H groups in total. The SMILES string of the molecule is O=C(NCCC(O)C(O)c1ccnc(F)c1)OCC1c2ccccc2-c2ccccc21. The Labute approximate surface area is 179 Å². The van der Waals surface area contributed by atoms with Gasteiger partial charge in [0.05, 0.1) is 6.10 Å². The fourth-order valence-corrected chi connectivity index (χ4v) is 3.95. The molecule has 2 atom stereocenters. The third-order valence-corrected chi connectivity index (χ3v) is 5.51. The van der Waals surface area contributed by atoms with E-state index in [2.05, 4.69) is 22.4 Å². The Morgan fingerprint density at radius 3 is 2.35 bits per heavy atom. The van der Waals surface area contributed by atoms with Crippen molar-refractivity contribution in [2.24, 2.45) is 0 Å². The predicted molar refractivity (Wildman–Crippen MR) is 113 cm³/mol. The van der Waals surface area contributed by atoms with Crippen LogP contribution in [0.4, 0.5) is 9.18 Å². The quantitative estimate of drug-likeness (QED) is 0.507. The molecule has 0 aliphatic heterocycles. The summed E-state index contributed by atoms with van der Waals surface area (Å²) in [5.74, 6) is -0.771. The van der Waals surface area contributed by atoms with Crippen LogP contribution in [0.15, 0.2) is 66.9 Å². The normalized spacial score (nSPS) is 14.4. The molecule has 7 heteroatoms. The number of amides is 1. The number of aliphatic hydroxyl groups excluding tert-OH is 2. The van der Waals surface area contributed by atoms with Crippen LogP contribution in [0.2, 0.25) is 0 Å². The molecule has 1 aromatic heterocycles. The standard InChI is InChI=1S/C24H23FN2O4/c25-22-13-15(9-11-26-22)23(29)21(28)10-12-27-24(30)31-14-20-18-7-3-1-5-16(18)17-6-2-4-8-19(17)20/h1-9,11,13,20-21,23,28-29H,10,12,14H2,(H,27,30). The summed E-state index contributed by atoms with van der Waals surface area (Å²) in [5, 5.41) is 22.8. The number of ether oxygens (including phenoxy) is 1. The van der Waals surface area contributed by atoms with Crippen molar-refractivity contribution in [2.45, 2.75) is 24.5 Å². The number of carbonyl (C=O) groups is 1. The monoisotopic (exact) mass is 422 g/mol. The number of carbonyl (C=O) groups excluding carboxylic acids is 1. The summed E-state index contributed by atoms with van der Waals surface area (Å²) >= 11 is 0. The average molecular weight is 422 g/mol. The second kappa shape index (κ2) is 9.24. The zero-order valence-electron chi connectivity index (χ0n) is 16.7. The van der Waals surface area contributed by atoms with Crippen molar-refractivity contribution < 1.29 is 24.1 Å². The lowest BCUT2D eigenvalue weighted by atomic mass is 9.98. The number of rotatable bonds is 7. The number of hydrogen-bond donors (Lipinski definition) is 3. The summed E-state index contributed by atoms with van der Waals surface area (Å²) in [6.45, 7) is 0.295. The van der Waals surface area contributed by atoms with Gasteiger partial charge in [0.1, 0.15) is 12.7 Å². The lowest BCUT2D eigenvalue weighted by molar-refractivity contribution is 0.0134. The van der Waals surface area contributed by atoms with Crippen LogP contribution < -0.4 is 5.32 Å². The molecule has 0 spiro atoms. The summed E-state index contributed by atoms with van der Waals surface area (Å²) in [6, 6.07) is 18.6. The van der Waals surface area contributed by atoms with E-state index in [1.807, 2.05) is 36.4 Å². The van der Waals surface area contributed by atoms with Crippen molar-refractivity contribution in [1.82, 2.24) is 10.3 Å². The Morgan fingerprint density at radius 2 is 1.71 bits per heavy atom. The minimum absolute atomic E-state index is 0.0350. The molecule has 0 saturated heterocycles. The topological polar surface area (TPSA) is 91.7 Å². The fraction of sp³-hybridized carbons (Fsp3) is 0.250. The molecule has 1 aliphatic rings. The fourth-order valence-electron chi connectivity index (χ4n) is 3.95. The summed E-state index contributed by atoms with van der Waals surface area (Å²) < 4.78 is 18.6. The van der Waals surface area contributed by atoms with Crippen LogP contribution in [0.5, 0.6) is 0 Å². The molecule has 4 rings (SSSR count). The number of nitrogens with one attached hydrogen (secondary N) is 1. The number of hydrogen-bond acceptors (Lipinski definition) is 5. The summed E-state index contributed by atoms with van der Waals surface area (Å²) in [6.07, 6.45) is -1.75. The van der Waals surface area contributed by atoms with Gasteiger partial charge in [-0.25, -0.2) is 9.78 Å². The van der Waals surface area contributed by atoms with E-state index in [4.69, 9.17) is 4.74 Å². The van der Waals surface area contributed by atoms with Crippen molar-refractivity contribution in [2.75, 3.05) is 13.2 Å². The van der Waals surface area contributed by atoms with E-state index < -0.39 is 24.2 Å². The number of fused-ring (bicyclic) bond motifs is 3. The first-order valence-corrected chi connectivity index (χ1v) is 10.1. The van der Waals surface area contributed by atoms with Gasteiger partial charge in [-0.2, -0.15) is 4.39 Å². The highest BCUT2D eigenvalue weighted by Crippen LogP contribution is 2.44. The maximum absolute atomic E-state index is 13.2. The highest BCUT2D eigenvalue weighted by Gasteiger charge is 2.29. The van der Waals surface area contributed by atoms with E-state index in [0.29, 0.717) is 0 Å². The first-order chi connectivity index (χ1) is 15.0. The van der Waals surface area contributed by atoms with Crippen LogP contribution in [-0.4, -0.2) is 40.5 Å². The first-order valence-electron chi connectivity index (χ1n) is 10.1. The molecule has 0 saturated carbocycles. The molecular weight excluding hydrogens is 399 g/mol. The van der Waals surface area contributed by atoms with Gasteiger partial charge in [0.15, 0.2) is 0 Å². The van der Waals surface area contributed by atoms with Crippen molar-refractivity contribution in [3.8, 4) is 11.1 Å². The van der Waals surface area contributed by atoms with Gasteiger partial charge in [0.2, 0.25) is 5.95 Å². The Hall–Kier alpha value is -3.29. The first kappa shape index (κ1) is 21.0. The highest BCUT2D eigenvalue weighted by atomic mass is 19.1. The molecule has 1 amide bonds. The molecule has 0 radical (unpaired) electrons. The van der Waals surface area contributed by atoms with Gasteiger partial charge < -0.3 is 20.3 Å². The van der Waals surface area contributed by atoms with Gasteiger partial charge in [-0.05, 0) is 46.4 Å². The highest BCUT2D eigenvalue weighted by molar-refractivity contribution is 5.79. The van der Waals surface area contributed by atoms with Gasteiger partial charge in [0.25, 0.3) is 0 Å². The van der Waals surface area contributed by atoms with Gasteiger partial charge in [-0.3, -0.25) is 0 Å². The van der Waals surface area contributed by atoms with Gasteiger partial charge >= 0.3 is 6.09 Å². The third-order valence-electron chi connectivity index (χ3n) is 5.51. The number of nitrogens with zero attached hydrogens (tertiary/aromatic N) is 1. The smallest absolute Gasteiger partial charge is 0.407 e. The number of benzene rings is 2. The van der Waals surface area contributed by atoms with Crippen molar-refractivity contribution in [3.05, 3.63) is 89.5 Å². The second-order valence-corrected chi connectivity index (χ2v) is 7.47. The van der Waals surface area contributed by atoms with Crippen LogP contribution in [0.25, 0.3) is 11.1 Å².